The third-order valence-corrected chi connectivity index (χ3v) is 4.67. The molecule has 1 amide bonds. The summed E-state index contributed by atoms with van der Waals surface area (Å²) in [4.78, 5) is 16.5. The first-order valence-electron chi connectivity index (χ1n) is 7.99. The Balaban J connectivity index is 1.51. The lowest BCUT2D eigenvalue weighted by atomic mass is 10.2. The predicted molar refractivity (Wildman–Crippen MR) is 100 cm³/mol. The van der Waals surface area contributed by atoms with Crippen LogP contribution in [0.15, 0.2) is 42.5 Å². The minimum absolute atomic E-state index is 0.162. The van der Waals surface area contributed by atoms with Crippen LogP contribution in [0.2, 0.25) is 10.0 Å². The number of nitrogens with one attached hydrogen (secondary N) is 1. The Morgan fingerprint density at radius 3 is 2.52 bits per heavy atom. The fraction of sp³-hybridized carbons (Fsp3) is 0.278. The molecule has 0 aromatic heterocycles. The molecule has 132 valence electrons. The van der Waals surface area contributed by atoms with Gasteiger partial charge in [0.1, 0.15) is 5.82 Å². The fourth-order valence-corrected chi connectivity index (χ4v) is 3.22. The highest BCUT2D eigenvalue weighted by molar-refractivity contribution is 6.33. The van der Waals surface area contributed by atoms with E-state index in [2.05, 4.69) is 15.1 Å². The molecule has 1 N–H and O–H groups in total. The molecule has 1 aliphatic rings. The van der Waals surface area contributed by atoms with Gasteiger partial charge in [-0.25, -0.2) is 4.39 Å². The lowest BCUT2D eigenvalue weighted by Crippen LogP contribution is -2.48. The molecule has 1 aliphatic heterocycles. The number of hydrogen-bond acceptors (Lipinski definition) is 3. The van der Waals surface area contributed by atoms with E-state index in [0.29, 0.717) is 5.69 Å². The second-order valence-electron chi connectivity index (χ2n) is 5.92. The lowest BCUT2D eigenvalue weighted by molar-refractivity contribution is -0.117. The molecule has 2 aromatic carbocycles. The van der Waals surface area contributed by atoms with Crippen LogP contribution in [0.1, 0.15) is 0 Å². The van der Waals surface area contributed by atoms with Gasteiger partial charge in [0.15, 0.2) is 0 Å². The predicted octanol–water partition coefficient (Wildman–Crippen LogP) is 3.89. The summed E-state index contributed by atoms with van der Waals surface area (Å²) in [7, 11) is 0. The van der Waals surface area contributed by atoms with Crippen LogP contribution in [-0.4, -0.2) is 43.5 Å². The summed E-state index contributed by atoms with van der Waals surface area (Å²) >= 11 is 12.0. The summed E-state index contributed by atoms with van der Waals surface area (Å²) in [5.41, 5.74) is 1.51. The van der Waals surface area contributed by atoms with Gasteiger partial charge in [-0.1, -0.05) is 29.3 Å². The maximum atomic E-state index is 13.0. The standard InChI is InChI=1S/C18H18Cl2FN3O/c19-13-2-1-3-15(10-13)24-8-6-23(7-9-24)12-18(25)22-17-5-4-14(21)11-16(17)20/h1-5,10-11H,6-9,12H2,(H,22,25). The molecule has 0 aliphatic carbocycles. The average Bonchev–Trinajstić information content (AvgIpc) is 2.58. The Morgan fingerprint density at radius 1 is 1.08 bits per heavy atom. The first-order valence-corrected chi connectivity index (χ1v) is 8.74. The molecule has 1 saturated heterocycles. The van der Waals surface area contributed by atoms with E-state index in [1.165, 1.54) is 18.2 Å². The van der Waals surface area contributed by atoms with Crippen molar-refractivity contribution in [3.63, 3.8) is 0 Å². The molecule has 0 bridgehead atoms. The molecule has 0 spiro atoms. The number of rotatable bonds is 4. The molecule has 25 heavy (non-hydrogen) atoms. The summed E-state index contributed by atoms with van der Waals surface area (Å²) in [6.45, 7) is 3.47. The van der Waals surface area contributed by atoms with Crippen LogP contribution in [0.3, 0.4) is 0 Å². The van der Waals surface area contributed by atoms with Crippen LogP contribution in [-0.2, 0) is 4.79 Å². The smallest absolute Gasteiger partial charge is 0.238 e. The van der Waals surface area contributed by atoms with Crippen molar-refractivity contribution in [2.24, 2.45) is 0 Å². The largest absolute Gasteiger partial charge is 0.369 e. The van der Waals surface area contributed by atoms with Gasteiger partial charge in [-0.15, -0.1) is 0 Å². The van der Waals surface area contributed by atoms with Gasteiger partial charge < -0.3 is 10.2 Å². The monoisotopic (exact) mass is 381 g/mol. The third-order valence-electron chi connectivity index (χ3n) is 4.12. The van der Waals surface area contributed by atoms with Crippen LogP contribution in [0.4, 0.5) is 15.8 Å². The summed E-state index contributed by atoms with van der Waals surface area (Å²) in [6, 6.07) is 11.7. The highest BCUT2D eigenvalue weighted by atomic mass is 35.5. The zero-order valence-corrected chi connectivity index (χ0v) is 15.0. The third kappa shape index (κ3) is 4.84. The van der Waals surface area contributed by atoms with Crippen molar-refractivity contribution in [2.45, 2.75) is 0 Å². The molecule has 3 rings (SSSR count). The highest BCUT2D eigenvalue weighted by Gasteiger charge is 2.19. The Labute approximate surface area is 156 Å². The summed E-state index contributed by atoms with van der Waals surface area (Å²) in [5.74, 6) is -0.593. The van der Waals surface area contributed by atoms with E-state index in [0.717, 1.165) is 36.9 Å². The SMILES string of the molecule is O=C(CN1CCN(c2cccc(Cl)c2)CC1)Nc1ccc(F)cc1Cl. The Bertz CT molecular complexity index is 764. The van der Waals surface area contributed by atoms with Gasteiger partial charge in [0.25, 0.3) is 0 Å². The molecule has 1 fully saturated rings. The Morgan fingerprint density at radius 2 is 1.84 bits per heavy atom. The number of amides is 1. The summed E-state index contributed by atoms with van der Waals surface area (Å²) < 4.78 is 13.0. The normalized spacial score (nSPS) is 15.2. The minimum atomic E-state index is -0.430. The maximum absolute atomic E-state index is 13.0. The van der Waals surface area contributed by atoms with Crippen molar-refractivity contribution in [1.29, 1.82) is 0 Å². The van der Waals surface area contributed by atoms with Gasteiger partial charge in [0.05, 0.1) is 17.3 Å². The van der Waals surface area contributed by atoms with E-state index in [1.54, 1.807) is 0 Å². The first kappa shape index (κ1) is 18.0. The van der Waals surface area contributed by atoms with E-state index in [4.69, 9.17) is 23.2 Å². The quantitative estimate of drug-likeness (QED) is 0.872. The van der Waals surface area contributed by atoms with Gasteiger partial charge in [-0.3, -0.25) is 9.69 Å². The average molecular weight is 382 g/mol. The topological polar surface area (TPSA) is 35.6 Å². The first-order chi connectivity index (χ1) is 12.0. The van der Waals surface area contributed by atoms with Crippen LogP contribution in [0.25, 0.3) is 0 Å². The van der Waals surface area contributed by atoms with Crippen molar-refractivity contribution in [1.82, 2.24) is 4.90 Å². The maximum Gasteiger partial charge on any atom is 0.238 e. The van der Waals surface area contributed by atoms with Gasteiger partial charge in [-0.2, -0.15) is 0 Å². The van der Waals surface area contributed by atoms with Crippen LogP contribution in [0.5, 0.6) is 0 Å². The van der Waals surface area contributed by atoms with Gasteiger partial charge >= 0.3 is 0 Å². The molecule has 2 aromatic rings. The fourth-order valence-electron chi connectivity index (χ4n) is 2.82. The highest BCUT2D eigenvalue weighted by Crippen LogP contribution is 2.23. The van der Waals surface area contributed by atoms with Crippen molar-refractivity contribution in [2.75, 3.05) is 42.9 Å². The number of benzene rings is 2. The molecule has 0 unspecified atom stereocenters. The van der Waals surface area contributed by atoms with Crippen LogP contribution in [0, 0.1) is 5.82 Å². The molecular weight excluding hydrogens is 364 g/mol. The second kappa shape index (κ2) is 8.04. The lowest BCUT2D eigenvalue weighted by Gasteiger charge is -2.35. The minimum Gasteiger partial charge on any atom is -0.369 e. The van der Waals surface area contributed by atoms with Crippen LogP contribution >= 0.6 is 23.2 Å². The van der Waals surface area contributed by atoms with E-state index in [9.17, 15) is 9.18 Å². The summed E-state index contributed by atoms with van der Waals surface area (Å²) in [5, 5.41) is 3.64. The number of halogens is 3. The molecule has 0 radical (unpaired) electrons. The molecule has 1 heterocycles. The van der Waals surface area contributed by atoms with Crippen molar-refractivity contribution in [3.05, 3.63) is 58.3 Å². The Kier molecular flexibility index (Phi) is 5.78. The zero-order valence-electron chi connectivity index (χ0n) is 13.5. The number of carbonyl (C=O) groups is 1. The zero-order chi connectivity index (χ0) is 17.8. The molecule has 7 heteroatoms. The molecule has 0 atom stereocenters. The van der Waals surface area contributed by atoms with Crippen LogP contribution < -0.4 is 10.2 Å². The van der Waals surface area contributed by atoms with E-state index in [1.807, 2.05) is 24.3 Å². The van der Waals surface area contributed by atoms with Crippen molar-refractivity contribution < 1.29 is 9.18 Å². The summed E-state index contributed by atoms with van der Waals surface area (Å²) in [6.07, 6.45) is 0. The molecule has 0 saturated carbocycles. The van der Waals surface area contributed by atoms with Gasteiger partial charge in [-0.05, 0) is 36.4 Å². The van der Waals surface area contributed by atoms with Gasteiger partial charge in [0, 0.05) is 36.9 Å². The number of carbonyl (C=O) groups excluding carboxylic acids is 1. The van der Waals surface area contributed by atoms with E-state index in [-0.39, 0.29) is 17.5 Å². The van der Waals surface area contributed by atoms with Crippen molar-refractivity contribution >= 4 is 40.5 Å². The molecule has 4 nitrogen and oxygen atoms in total. The van der Waals surface area contributed by atoms with Crippen molar-refractivity contribution in [3.8, 4) is 0 Å². The van der Waals surface area contributed by atoms with Gasteiger partial charge in [0.2, 0.25) is 5.91 Å². The number of piperazine rings is 1. The number of hydrogen-bond donors (Lipinski definition) is 1. The Hall–Kier alpha value is -1.82. The van der Waals surface area contributed by atoms with E-state index < -0.39 is 5.82 Å². The van der Waals surface area contributed by atoms with E-state index >= 15 is 0 Å². The molecular formula is C18H18Cl2FN3O. The number of nitrogens with zero attached hydrogens (tertiary/aromatic N) is 2. The number of anilines is 2. The second-order valence-corrected chi connectivity index (χ2v) is 6.76.